The summed E-state index contributed by atoms with van der Waals surface area (Å²) >= 11 is 3.52. The zero-order chi connectivity index (χ0) is 12.2. The van der Waals surface area contributed by atoms with Crippen LogP contribution in [0.4, 0.5) is 0 Å². The molecule has 2 aromatic carbocycles. The number of nitrogens with zero attached hydrogens (tertiary/aromatic N) is 1. The van der Waals surface area contributed by atoms with Crippen molar-refractivity contribution in [3.05, 3.63) is 50.5 Å². The highest BCUT2D eigenvalue weighted by molar-refractivity contribution is 9.10. The van der Waals surface area contributed by atoms with Gasteiger partial charge in [0.15, 0.2) is 0 Å². The number of hydrogen-bond acceptors (Lipinski definition) is 1. The Morgan fingerprint density at radius 2 is 1.82 bits per heavy atom. The molecule has 0 spiro atoms. The Morgan fingerprint density at radius 3 is 2.59 bits per heavy atom. The zero-order valence-corrected chi connectivity index (χ0v) is 10.9. The van der Waals surface area contributed by atoms with Crippen LogP contribution in [0.3, 0.4) is 0 Å². The van der Waals surface area contributed by atoms with E-state index in [1.165, 1.54) is 0 Å². The van der Waals surface area contributed by atoms with E-state index in [0.717, 1.165) is 31.4 Å². The van der Waals surface area contributed by atoms with Crippen molar-refractivity contribution in [2.45, 2.75) is 0 Å². The van der Waals surface area contributed by atoms with Gasteiger partial charge in [-0.2, -0.15) is 0 Å². The fraction of sp³-hybridized carbons (Fsp3) is 0.0714. The molecule has 0 saturated carbocycles. The first-order chi connectivity index (χ1) is 8.11. The quantitative estimate of drug-likeness (QED) is 0.623. The second-order valence-corrected chi connectivity index (χ2v) is 4.99. The summed E-state index contributed by atoms with van der Waals surface area (Å²) in [5.74, 6) is 0. The molecule has 0 aliphatic heterocycles. The van der Waals surface area contributed by atoms with E-state index in [1.54, 1.807) is 11.6 Å². The summed E-state index contributed by atoms with van der Waals surface area (Å²) in [6, 6.07) is 9.78. The lowest BCUT2D eigenvalue weighted by atomic mass is 10.0. The molecular formula is C14H10BrNO. The SMILES string of the molecule is C=c1c2ccc(Br)c3cccc(c(=O)n1C)c32. The van der Waals surface area contributed by atoms with Crippen LogP contribution in [-0.2, 0) is 7.05 Å². The summed E-state index contributed by atoms with van der Waals surface area (Å²) in [6.45, 7) is 3.99. The molecule has 0 saturated heterocycles. The molecule has 84 valence electrons. The Bertz CT molecular complexity index is 815. The van der Waals surface area contributed by atoms with Gasteiger partial charge in [-0.15, -0.1) is 0 Å². The lowest BCUT2D eigenvalue weighted by molar-refractivity contribution is 0.849. The maximum absolute atomic E-state index is 12.2. The van der Waals surface area contributed by atoms with Crippen molar-refractivity contribution < 1.29 is 0 Å². The van der Waals surface area contributed by atoms with Crippen LogP contribution >= 0.6 is 15.9 Å². The van der Waals surface area contributed by atoms with E-state index in [1.807, 2.05) is 30.3 Å². The molecule has 17 heavy (non-hydrogen) atoms. The summed E-state index contributed by atoms with van der Waals surface area (Å²) in [5, 5.41) is 4.58. The summed E-state index contributed by atoms with van der Waals surface area (Å²) < 4.78 is 2.61. The molecular weight excluding hydrogens is 278 g/mol. The second kappa shape index (κ2) is 3.44. The number of rotatable bonds is 0. The average Bonchev–Trinajstić information content (AvgIpc) is 2.35. The molecule has 0 unspecified atom stereocenters. The summed E-state index contributed by atoms with van der Waals surface area (Å²) in [5.41, 5.74) is 0.00574. The fourth-order valence-corrected chi connectivity index (χ4v) is 2.74. The van der Waals surface area contributed by atoms with Crippen LogP contribution in [0.5, 0.6) is 0 Å². The number of benzene rings is 2. The van der Waals surface area contributed by atoms with Gasteiger partial charge in [0.25, 0.3) is 5.56 Å². The Hall–Kier alpha value is -1.61. The van der Waals surface area contributed by atoms with Crippen LogP contribution in [0.15, 0.2) is 39.6 Å². The normalized spacial score (nSPS) is 11.4. The Labute approximate surface area is 106 Å². The van der Waals surface area contributed by atoms with E-state index in [-0.39, 0.29) is 5.56 Å². The number of aromatic nitrogens is 1. The maximum atomic E-state index is 12.2. The summed E-state index contributed by atoms with van der Waals surface area (Å²) in [6.07, 6.45) is 0. The molecule has 3 rings (SSSR count). The van der Waals surface area contributed by atoms with E-state index in [0.29, 0.717) is 0 Å². The van der Waals surface area contributed by atoms with Gasteiger partial charge in [-0.25, -0.2) is 0 Å². The van der Waals surface area contributed by atoms with Crippen LogP contribution in [0, 0.1) is 0 Å². The van der Waals surface area contributed by atoms with Crippen molar-refractivity contribution in [2.24, 2.45) is 7.05 Å². The first-order valence-corrected chi connectivity index (χ1v) is 6.09. The van der Waals surface area contributed by atoms with Crippen molar-refractivity contribution in [1.29, 1.82) is 0 Å². The van der Waals surface area contributed by atoms with Gasteiger partial charge in [0.05, 0.1) is 0 Å². The third-order valence-electron chi connectivity index (χ3n) is 3.24. The third-order valence-corrected chi connectivity index (χ3v) is 3.93. The third kappa shape index (κ3) is 1.29. The van der Waals surface area contributed by atoms with E-state index < -0.39 is 0 Å². The van der Waals surface area contributed by atoms with Crippen LogP contribution in [0.25, 0.3) is 28.1 Å². The van der Waals surface area contributed by atoms with Gasteiger partial charge in [0.1, 0.15) is 0 Å². The molecule has 3 aromatic rings. The second-order valence-electron chi connectivity index (χ2n) is 4.13. The standard InChI is InChI=1S/C14H10BrNO/c1-8-9-6-7-12(15)10-4-3-5-11(13(9)10)14(17)16(8)2/h3-7H,1H2,2H3. The molecule has 0 atom stereocenters. The van der Waals surface area contributed by atoms with Crippen LogP contribution < -0.4 is 10.9 Å². The zero-order valence-electron chi connectivity index (χ0n) is 9.33. The molecule has 0 bridgehead atoms. The average molecular weight is 288 g/mol. The minimum Gasteiger partial charge on any atom is -0.311 e. The maximum Gasteiger partial charge on any atom is 0.258 e. The predicted octanol–water partition coefficient (Wildman–Crippen LogP) is 2.58. The van der Waals surface area contributed by atoms with E-state index in [4.69, 9.17) is 0 Å². The van der Waals surface area contributed by atoms with Crippen LogP contribution in [-0.4, -0.2) is 4.57 Å². The Balaban J connectivity index is 2.85. The number of halogens is 1. The van der Waals surface area contributed by atoms with Gasteiger partial charge in [-0.1, -0.05) is 40.7 Å². The highest BCUT2D eigenvalue weighted by atomic mass is 79.9. The smallest absolute Gasteiger partial charge is 0.258 e. The van der Waals surface area contributed by atoms with Gasteiger partial charge < -0.3 is 4.57 Å². The molecule has 0 amide bonds. The van der Waals surface area contributed by atoms with Crippen LogP contribution in [0.1, 0.15) is 0 Å². The van der Waals surface area contributed by atoms with Crippen molar-refractivity contribution in [3.8, 4) is 0 Å². The van der Waals surface area contributed by atoms with E-state index in [2.05, 4.69) is 22.5 Å². The van der Waals surface area contributed by atoms with E-state index in [9.17, 15) is 4.79 Å². The Morgan fingerprint density at radius 1 is 1.12 bits per heavy atom. The molecule has 1 heterocycles. The highest BCUT2D eigenvalue weighted by Gasteiger charge is 2.10. The van der Waals surface area contributed by atoms with Gasteiger partial charge >= 0.3 is 0 Å². The molecule has 0 aliphatic carbocycles. The number of hydrogen-bond donors (Lipinski definition) is 0. The van der Waals surface area contributed by atoms with Gasteiger partial charge in [0, 0.05) is 33.0 Å². The minimum absolute atomic E-state index is 0.00574. The first kappa shape index (κ1) is 10.5. The van der Waals surface area contributed by atoms with Gasteiger partial charge in [0.2, 0.25) is 0 Å². The highest BCUT2D eigenvalue weighted by Crippen LogP contribution is 2.28. The molecule has 0 fully saturated rings. The van der Waals surface area contributed by atoms with Gasteiger partial charge in [-0.05, 0) is 17.5 Å². The lowest BCUT2D eigenvalue weighted by Crippen LogP contribution is -2.30. The largest absolute Gasteiger partial charge is 0.311 e. The summed E-state index contributed by atoms with van der Waals surface area (Å²) in [4.78, 5) is 12.2. The topological polar surface area (TPSA) is 22.0 Å². The molecule has 3 heteroatoms. The molecule has 0 radical (unpaired) electrons. The molecule has 0 aliphatic rings. The van der Waals surface area contributed by atoms with Gasteiger partial charge in [-0.3, -0.25) is 4.79 Å². The molecule has 2 nitrogen and oxygen atoms in total. The van der Waals surface area contributed by atoms with E-state index >= 15 is 0 Å². The predicted molar refractivity (Wildman–Crippen MR) is 75.1 cm³/mol. The first-order valence-electron chi connectivity index (χ1n) is 5.30. The Kier molecular flexibility index (Phi) is 2.13. The molecule has 1 aromatic heterocycles. The minimum atomic E-state index is 0.00574. The molecule has 0 N–H and O–H groups in total. The van der Waals surface area contributed by atoms with Crippen LogP contribution in [0.2, 0.25) is 0 Å². The summed E-state index contributed by atoms with van der Waals surface area (Å²) in [7, 11) is 1.76. The van der Waals surface area contributed by atoms with Crippen molar-refractivity contribution in [1.82, 2.24) is 4.57 Å². The van der Waals surface area contributed by atoms with Crippen molar-refractivity contribution >= 4 is 44.1 Å². The van der Waals surface area contributed by atoms with Crippen molar-refractivity contribution in [2.75, 3.05) is 0 Å². The number of pyridine rings is 1. The lowest BCUT2D eigenvalue weighted by Gasteiger charge is -2.10. The fourth-order valence-electron chi connectivity index (χ4n) is 2.27. The van der Waals surface area contributed by atoms with Crippen molar-refractivity contribution in [3.63, 3.8) is 0 Å². The monoisotopic (exact) mass is 287 g/mol.